The molecule has 8 heteroatoms. The first kappa shape index (κ1) is 14.2. The highest BCUT2D eigenvalue weighted by Crippen LogP contribution is 2.40. The first-order valence-electron chi connectivity index (χ1n) is 5.96. The van der Waals surface area contributed by atoms with E-state index in [1.54, 1.807) is 0 Å². The zero-order valence-corrected chi connectivity index (χ0v) is 11.5. The number of carbonyl (C=O) groups is 2. The fraction of sp³-hybridized carbons (Fsp3) is 0. The van der Waals surface area contributed by atoms with Gasteiger partial charge < -0.3 is 10.2 Å². The standard InChI is InChI=1S/C14H8O7S/c15-11-6-3-1-2-4-7(6)12(16)10-8(11)5-9(22(19,20)21)13(17)14(10)18/h1-5,17-18H,(H,19,20,21)/p-1. The Hall–Kier alpha value is -2.71. The highest BCUT2D eigenvalue weighted by molar-refractivity contribution is 7.86. The molecule has 1 aliphatic rings. The lowest BCUT2D eigenvalue weighted by atomic mass is 9.83. The van der Waals surface area contributed by atoms with Crippen LogP contribution in [0.3, 0.4) is 0 Å². The van der Waals surface area contributed by atoms with Gasteiger partial charge in [0.15, 0.2) is 11.6 Å². The lowest BCUT2D eigenvalue weighted by Gasteiger charge is -2.23. The third-order valence-electron chi connectivity index (χ3n) is 3.39. The van der Waals surface area contributed by atoms with E-state index in [2.05, 4.69) is 0 Å². The van der Waals surface area contributed by atoms with Crippen LogP contribution in [-0.2, 0) is 10.1 Å². The van der Waals surface area contributed by atoms with Crippen LogP contribution in [0, 0.1) is 0 Å². The summed E-state index contributed by atoms with van der Waals surface area (Å²) in [6, 6.07) is 6.37. The van der Waals surface area contributed by atoms with Crippen LogP contribution >= 0.6 is 0 Å². The molecule has 2 aromatic rings. The minimum Gasteiger partial charge on any atom is -0.869 e. The molecule has 2 aromatic carbocycles. The summed E-state index contributed by atoms with van der Waals surface area (Å²) in [7, 11) is -4.94. The molecule has 0 aliphatic heterocycles. The number of rotatable bonds is 1. The van der Waals surface area contributed by atoms with Crippen LogP contribution in [0.1, 0.15) is 31.8 Å². The number of hydrogen-bond donors (Lipinski definition) is 2. The Morgan fingerprint density at radius 3 is 2.05 bits per heavy atom. The van der Waals surface area contributed by atoms with E-state index < -0.39 is 49.2 Å². The monoisotopic (exact) mass is 319 g/mol. The molecule has 112 valence electrons. The van der Waals surface area contributed by atoms with Gasteiger partial charge in [-0.05, 0) is 11.8 Å². The molecule has 0 saturated carbocycles. The van der Waals surface area contributed by atoms with E-state index in [-0.39, 0.29) is 11.1 Å². The average molecular weight is 319 g/mol. The van der Waals surface area contributed by atoms with Crippen molar-refractivity contribution in [1.29, 1.82) is 0 Å². The Kier molecular flexibility index (Phi) is 2.84. The molecule has 0 bridgehead atoms. The second-order valence-corrected chi connectivity index (χ2v) is 6.04. The van der Waals surface area contributed by atoms with Gasteiger partial charge in [-0.3, -0.25) is 14.1 Å². The van der Waals surface area contributed by atoms with Gasteiger partial charge in [0.2, 0.25) is 0 Å². The van der Waals surface area contributed by atoms with Gasteiger partial charge in [0.1, 0.15) is 5.75 Å². The maximum atomic E-state index is 12.4. The van der Waals surface area contributed by atoms with Crippen molar-refractivity contribution in [2.45, 2.75) is 4.90 Å². The van der Waals surface area contributed by atoms with Gasteiger partial charge in [0, 0.05) is 16.7 Å². The van der Waals surface area contributed by atoms with Crippen LogP contribution in [0.5, 0.6) is 11.5 Å². The number of carbonyl (C=O) groups excluding carboxylic acids is 2. The largest absolute Gasteiger partial charge is 0.869 e. The number of benzene rings is 2. The van der Waals surface area contributed by atoms with Gasteiger partial charge in [-0.2, -0.15) is 8.42 Å². The molecule has 0 amide bonds. The molecule has 0 heterocycles. The fourth-order valence-corrected chi connectivity index (χ4v) is 2.98. The van der Waals surface area contributed by atoms with Crippen molar-refractivity contribution in [3.05, 3.63) is 52.6 Å². The minimum absolute atomic E-state index is 0.00862. The lowest BCUT2D eigenvalue weighted by Crippen LogP contribution is -2.22. The smallest absolute Gasteiger partial charge is 0.294 e. The van der Waals surface area contributed by atoms with Crippen molar-refractivity contribution < 1.29 is 32.8 Å². The highest BCUT2D eigenvalue weighted by atomic mass is 32.2. The van der Waals surface area contributed by atoms with Crippen LogP contribution in [0.15, 0.2) is 35.2 Å². The first-order valence-corrected chi connectivity index (χ1v) is 7.40. The maximum absolute atomic E-state index is 12.4. The van der Waals surface area contributed by atoms with Crippen LogP contribution in [-0.4, -0.2) is 29.6 Å². The van der Waals surface area contributed by atoms with E-state index in [1.807, 2.05) is 0 Å². The van der Waals surface area contributed by atoms with Gasteiger partial charge in [0.25, 0.3) is 10.1 Å². The molecule has 0 radical (unpaired) electrons. The molecule has 0 fully saturated rings. The van der Waals surface area contributed by atoms with Crippen LogP contribution < -0.4 is 5.11 Å². The van der Waals surface area contributed by atoms with E-state index in [1.165, 1.54) is 24.3 Å². The van der Waals surface area contributed by atoms with Crippen LogP contribution in [0.25, 0.3) is 0 Å². The number of fused-ring (bicyclic) bond motifs is 2. The molecule has 0 aromatic heterocycles. The third kappa shape index (κ3) is 1.81. The van der Waals surface area contributed by atoms with Crippen molar-refractivity contribution in [1.82, 2.24) is 0 Å². The zero-order valence-electron chi connectivity index (χ0n) is 10.7. The van der Waals surface area contributed by atoms with E-state index in [0.717, 1.165) is 0 Å². The Bertz CT molecular complexity index is 957. The van der Waals surface area contributed by atoms with Gasteiger partial charge in [-0.15, -0.1) is 0 Å². The number of ketones is 2. The summed E-state index contributed by atoms with van der Waals surface area (Å²) in [5, 5.41) is 21.6. The summed E-state index contributed by atoms with van der Waals surface area (Å²) in [6.07, 6.45) is 0. The van der Waals surface area contributed by atoms with Gasteiger partial charge in [-0.1, -0.05) is 24.3 Å². The van der Waals surface area contributed by atoms with Crippen LogP contribution in [0.4, 0.5) is 0 Å². The molecule has 22 heavy (non-hydrogen) atoms. The van der Waals surface area contributed by atoms with Crippen molar-refractivity contribution in [2.75, 3.05) is 0 Å². The van der Waals surface area contributed by atoms with Crippen molar-refractivity contribution in [2.24, 2.45) is 0 Å². The maximum Gasteiger partial charge on any atom is 0.294 e. The number of hydrogen-bond acceptors (Lipinski definition) is 6. The van der Waals surface area contributed by atoms with Gasteiger partial charge in [-0.25, -0.2) is 0 Å². The quantitative estimate of drug-likeness (QED) is 0.624. The van der Waals surface area contributed by atoms with E-state index >= 15 is 0 Å². The number of phenols is 1. The second-order valence-electron chi connectivity index (χ2n) is 4.65. The third-order valence-corrected chi connectivity index (χ3v) is 4.25. The Balaban J connectivity index is 2.42. The average Bonchev–Trinajstić information content (AvgIpc) is 2.46. The lowest BCUT2D eigenvalue weighted by molar-refractivity contribution is -0.274. The SMILES string of the molecule is O=C1c2ccccc2C(=O)c2c1cc(S(=O)(=O)O)c([O-])c2O. The zero-order chi connectivity index (χ0) is 16.2. The summed E-state index contributed by atoms with van der Waals surface area (Å²) < 4.78 is 31.4. The predicted molar refractivity (Wildman–Crippen MR) is 70.7 cm³/mol. The van der Waals surface area contributed by atoms with E-state index in [4.69, 9.17) is 4.55 Å². The highest BCUT2D eigenvalue weighted by Gasteiger charge is 2.34. The van der Waals surface area contributed by atoms with Crippen LogP contribution in [0.2, 0.25) is 0 Å². The summed E-state index contributed by atoms with van der Waals surface area (Å²) in [6.45, 7) is 0. The Morgan fingerprint density at radius 2 is 1.50 bits per heavy atom. The normalized spacial score (nSPS) is 13.7. The molecule has 1 aliphatic carbocycles. The number of phenolic OH excluding ortho intramolecular Hbond substituents is 1. The molecular weight excluding hydrogens is 312 g/mol. The van der Waals surface area contributed by atoms with E-state index in [9.17, 15) is 28.2 Å². The fourth-order valence-electron chi connectivity index (χ4n) is 2.39. The van der Waals surface area contributed by atoms with E-state index in [0.29, 0.717) is 6.07 Å². The molecule has 0 atom stereocenters. The molecule has 0 saturated heterocycles. The molecular formula is C14H7O7S-. The van der Waals surface area contributed by atoms with Gasteiger partial charge >= 0.3 is 0 Å². The summed E-state index contributed by atoms with van der Waals surface area (Å²) in [5.41, 5.74) is -0.955. The summed E-state index contributed by atoms with van der Waals surface area (Å²) in [5.74, 6) is -4.08. The molecule has 7 nitrogen and oxygen atoms in total. The Labute approximate surface area is 124 Å². The van der Waals surface area contributed by atoms with Crippen molar-refractivity contribution in [3.63, 3.8) is 0 Å². The van der Waals surface area contributed by atoms with Gasteiger partial charge in [0.05, 0.1) is 10.5 Å². The first-order chi connectivity index (χ1) is 10.2. The molecule has 2 N–H and O–H groups in total. The molecule has 0 spiro atoms. The molecule has 3 rings (SSSR count). The molecule has 0 unspecified atom stereocenters. The predicted octanol–water partition coefficient (Wildman–Crippen LogP) is 0.488. The minimum atomic E-state index is -4.94. The Morgan fingerprint density at radius 1 is 0.955 bits per heavy atom. The summed E-state index contributed by atoms with van der Waals surface area (Å²) in [4.78, 5) is 23.5. The van der Waals surface area contributed by atoms with Crippen molar-refractivity contribution in [3.8, 4) is 11.5 Å². The topological polar surface area (TPSA) is 132 Å². The summed E-state index contributed by atoms with van der Waals surface area (Å²) >= 11 is 0. The van der Waals surface area contributed by atoms with Crippen molar-refractivity contribution >= 4 is 21.7 Å². The number of aromatic hydroxyl groups is 1. The second kappa shape index (κ2) is 4.39.